The Bertz CT molecular complexity index is 491. The summed E-state index contributed by atoms with van der Waals surface area (Å²) in [6, 6.07) is 8.51. The van der Waals surface area contributed by atoms with Gasteiger partial charge in [0.05, 0.1) is 6.10 Å². The number of hydrogen-bond donors (Lipinski definition) is 3. The van der Waals surface area contributed by atoms with E-state index in [9.17, 15) is 9.90 Å². The Morgan fingerprint density at radius 1 is 1.27 bits per heavy atom. The van der Waals surface area contributed by atoms with Crippen molar-refractivity contribution < 1.29 is 9.90 Å². The van der Waals surface area contributed by atoms with Gasteiger partial charge in [-0.25, -0.2) is 0 Å². The Morgan fingerprint density at radius 2 is 1.95 bits per heavy atom. The Labute approximate surface area is 133 Å². The fourth-order valence-corrected chi connectivity index (χ4v) is 2.69. The van der Waals surface area contributed by atoms with Crippen LogP contribution in [-0.2, 0) is 16.6 Å². The lowest BCUT2D eigenvalue weighted by atomic mass is 9.86. The number of carbonyl (C=O) groups is 1. The summed E-state index contributed by atoms with van der Waals surface area (Å²) < 4.78 is 0. The summed E-state index contributed by atoms with van der Waals surface area (Å²) in [4.78, 5) is 11.9. The van der Waals surface area contributed by atoms with E-state index in [0.717, 1.165) is 13.0 Å². The van der Waals surface area contributed by atoms with Crippen LogP contribution in [0.15, 0.2) is 24.3 Å². The number of aryl methyl sites for hydroxylation is 1. The summed E-state index contributed by atoms with van der Waals surface area (Å²) in [5.41, 5.74) is 2.65. The lowest BCUT2D eigenvalue weighted by Gasteiger charge is -2.19. The molecular formula is C18H28N2O2. The summed E-state index contributed by atoms with van der Waals surface area (Å²) >= 11 is 0. The second-order valence-electron chi connectivity index (χ2n) is 7.24. The van der Waals surface area contributed by atoms with E-state index in [0.29, 0.717) is 19.5 Å². The maximum atomic E-state index is 11.9. The topological polar surface area (TPSA) is 61.4 Å². The van der Waals surface area contributed by atoms with E-state index in [-0.39, 0.29) is 23.3 Å². The molecule has 2 rings (SSSR count). The van der Waals surface area contributed by atoms with Crippen LogP contribution in [0.5, 0.6) is 0 Å². The molecule has 122 valence electrons. The zero-order chi connectivity index (χ0) is 16.2. The highest BCUT2D eigenvalue weighted by Gasteiger charge is 2.24. The Morgan fingerprint density at radius 3 is 2.50 bits per heavy atom. The molecule has 0 spiro atoms. The summed E-state index contributed by atoms with van der Waals surface area (Å²) in [6.45, 7) is 8.54. The van der Waals surface area contributed by atoms with Gasteiger partial charge in [0.15, 0.2) is 0 Å². The molecule has 1 fully saturated rings. The van der Waals surface area contributed by atoms with Gasteiger partial charge in [-0.3, -0.25) is 4.79 Å². The smallest absolute Gasteiger partial charge is 0.220 e. The van der Waals surface area contributed by atoms with E-state index in [1.165, 1.54) is 11.1 Å². The molecule has 1 aromatic rings. The van der Waals surface area contributed by atoms with Crippen molar-refractivity contribution in [2.75, 3.05) is 19.6 Å². The maximum absolute atomic E-state index is 11.9. The van der Waals surface area contributed by atoms with Crippen molar-refractivity contribution in [2.45, 2.75) is 45.1 Å². The van der Waals surface area contributed by atoms with Crippen LogP contribution in [0.3, 0.4) is 0 Å². The standard InChI is InChI=1S/C18H28N2O2/c1-18(2,3)15-7-4-13(5-8-15)6-9-17(22)20-11-14-10-19-12-16(14)21/h4-5,7-8,14,16,19,21H,6,9-12H2,1-3H3,(H,20,22). The molecule has 2 atom stereocenters. The zero-order valence-corrected chi connectivity index (χ0v) is 13.9. The summed E-state index contributed by atoms with van der Waals surface area (Å²) in [6.07, 6.45) is 0.901. The fourth-order valence-electron chi connectivity index (χ4n) is 2.69. The van der Waals surface area contributed by atoms with E-state index in [1.54, 1.807) is 0 Å². The van der Waals surface area contributed by atoms with Crippen LogP contribution in [0.4, 0.5) is 0 Å². The molecule has 3 N–H and O–H groups in total. The third kappa shape index (κ3) is 4.82. The summed E-state index contributed by atoms with van der Waals surface area (Å²) in [5.74, 6) is 0.189. The average molecular weight is 304 g/mol. The van der Waals surface area contributed by atoms with Crippen molar-refractivity contribution in [3.8, 4) is 0 Å². The van der Waals surface area contributed by atoms with Crippen molar-refractivity contribution >= 4 is 5.91 Å². The van der Waals surface area contributed by atoms with E-state index in [2.05, 4.69) is 55.7 Å². The van der Waals surface area contributed by atoms with Crippen LogP contribution >= 0.6 is 0 Å². The monoisotopic (exact) mass is 304 g/mol. The lowest BCUT2D eigenvalue weighted by Crippen LogP contribution is -2.34. The molecule has 1 aliphatic heterocycles. The first-order chi connectivity index (χ1) is 10.4. The van der Waals surface area contributed by atoms with Gasteiger partial charge in [-0.05, 0) is 23.0 Å². The number of β-amino-alcohol motifs (C(OH)–C–C–N with tert-alkyl or cyclic N) is 1. The van der Waals surface area contributed by atoms with Crippen molar-refractivity contribution in [3.05, 3.63) is 35.4 Å². The van der Waals surface area contributed by atoms with Gasteiger partial charge in [0, 0.05) is 32.0 Å². The third-order valence-corrected chi connectivity index (χ3v) is 4.33. The first kappa shape index (κ1) is 17.0. The van der Waals surface area contributed by atoms with Crippen LogP contribution in [0, 0.1) is 5.92 Å². The van der Waals surface area contributed by atoms with Crippen LogP contribution in [0.1, 0.15) is 38.3 Å². The van der Waals surface area contributed by atoms with Gasteiger partial charge in [0.25, 0.3) is 0 Å². The molecule has 1 heterocycles. The van der Waals surface area contributed by atoms with Gasteiger partial charge in [-0.1, -0.05) is 45.0 Å². The minimum absolute atomic E-state index is 0.0546. The molecule has 0 radical (unpaired) electrons. The number of aliphatic hydroxyl groups is 1. The highest BCUT2D eigenvalue weighted by molar-refractivity contribution is 5.76. The second-order valence-corrected chi connectivity index (χ2v) is 7.24. The van der Waals surface area contributed by atoms with Crippen molar-refractivity contribution in [1.29, 1.82) is 0 Å². The van der Waals surface area contributed by atoms with Gasteiger partial charge >= 0.3 is 0 Å². The van der Waals surface area contributed by atoms with Crippen LogP contribution in [0.2, 0.25) is 0 Å². The largest absolute Gasteiger partial charge is 0.391 e. The molecule has 0 aromatic heterocycles. The molecule has 1 aromatic carbocycles. The number of aliphatic hydroxyl groups excluding tert-OH is 1. The molecule has 0 saturated carbocycles. The maximum Gasteiger partial charge on any atom is 0.220 e. The minimum Gasteiger partial charge on any atom is -0.391 e. The van der Waals surface area contributed by atoms with Gasteiger partial charge in [0.2, 0.25) is 5.91 Å². The molecule has 2 unspecified atom stereocenters. The molecule has 1 amide bonds. The Kier molecular flexibility index (Phi) is 5.59. The highest BCUT2D eigenvalue weighted by atomic mass is 16.3. The highest BCUT2D eigenvalue weighted by Crippen LogP contribution is 2.22. The van der Waals surface area contributed by atoms with Crippen molar-refractivity contribution in [2.24, 2.45) is 5.92 Å². The molecular weight excluding hydrogens is 276 g/mol. The quantitative estimate of drug-likeness (QED) is 0.774. The lowest BCUT2D eigenvalue weighted by molar-refractivity contribution is -0.121. The molecule has 0 aliphatic carbocycles. The fraction of sp³-hybridized carbons (Fsp3) is 0.611. The predicted molar refractivity (Wildman–Crippen MR) is 88.8 cm³/mol. The van der Waals surface area contributed by atoms with Crippen LogP contribution < -0.4 is 10.6 Å². The van der Waals surface area contributed by atoms with Gasteiger partial charge in [-0.2, -0.15) is 0 Å². The first-order valence-electron chi connectivity index (χ1n) is 8.11. The zero-order valence-electron chi connectivity index (χ0n) is 13.9. The number of nitrogens with one attached hydrogen (secondary N) is 2. The molecule has 0 bridgehead atoms. The molecule has 1 aliphatic rings. The SMILES string of the molecule is CC(C)(C)c1ccc(CCC(=O)NCC2CNCC2O)cc1. The number of hydrogen-bond acceptors (Lipinski definition) is 3. The second kappa shape index (κ2) is 7.25. The van der Waals surface area contributed by atoms with Gasteiger partial charge < -0.3 is 15.7 Å². The first-order valence-corrected chi connectivity index (χ1v) is 8.11. The third-order valence-electron chi connectivity index (χ3n) is 4.33. The number of benzene rings is 1. The van der Waals surface area contributed by atoms with E-state index in [1.807, 2.05) is 0 Å². The van der Waals surface area contributed by atoms with Gasteiger partial charge in [0.1, 0.15) is 0 Å². The Hall–Kier alpha value is -1.39. The van der Waals surface area contributed by atoms with E-state index < -0.39 is 0 Å². The molecule has 1 saturated heterocycles. The predicted octanol–water partition coefficient (Wildman–Crippen LogP) is 1.61. The van der Waals surface area contributed by atoms with Crippen molar-refractivity contribution in [3.63, 3.8) is 0 Å². The van der Waals surface area contributed by atoms with Gasteiger partial charge in [-0.15, -0.1) is 0 Å². The molecule has 22 heavy (non-hydrogen) atoms. The van der Waals surface area contributed by atoms with E-state index in [4.69, 9.17) is 0 Å². The number of amides is 1. The van der Waals surface area contributed by atoms with E-state index >= 15 is 0 Å². The summed E-state index contributed by atoms with van der Waals surface area (Å²) in [7, 11) is 0. The van der Waals surface area contributed by atoms with Crippen molar-refractivity contribution in [1.82, 2.24) is 10.6 Å². The van der Waals surface area contributed by atoms with Crippen LogP contribution in [-0.4, -0.2) is 36.8 Å². The summed E-state index contributed by atoms with van der Waals surface area (Å²) in [5, 5.41) is 15.7. The average Bonchev–Trinajstić information content (AvgIpc) is 2.88. The number of carbonyl (C=O) groups excluding carboxylic acids is 1. The van der Waals surface area contributed by atoms with Crippen LogP contribution in [0.25, 0.3) is 0 Å². The number of rotatable bonds is 5. The normalized spacial score (nSPS) is 21.8. The Balaban J connectivity index is 1.74. The molecule has 4 nitrogen and oxygen atoms in total. The molecule has 4 heteroatoms. The minimum atomic E-state index is -0.342.